The molecular formula is C16H31NO. The number of hydrogen-bond donors (Lipinski definition) is 0. The van der Waals surface area contributed by atoms with E-state index in [0.29, 0.717) is 12.0 Å². The third kappa shape index (κ3) is 4.38. The fraction of sp³-hybridized carbons (Fsp3) is 0.938. The molecule has 0 amide bonds. The van der Waals surface area contributed by atoms with Gasteiger partial charge in [-0.1, -0.05) is 33.6 Å². The summed E-state index contributed by atoms with van der Waals surface area (Å²) >= 11 is 0. The van der Waals surface area contributed by atoms with Crippen LogP contribution in [0.15, 0.2) is 0 Å². The maximum atomic E-state index is 11.6. The molecule has 0 saturated heterocycles. The highest BCUT2D eigenvalue weighted by Gasteiger charge is 2.36. The van der Waals surface area contributed by atoms with Crippen LogP contribution in [0.5, 0.6) is 0 Å². The Morgan fingerprint density at radius 3 is 2.56 bits per heavy atom. The quantitative estimate of drug-likeness (QED) is 0.672. The summed E-state index contributed by atoms with van der Waals surface area (Å²) in [6.45, 7) is 10.0. The van der Waals surface area contributed by atoms with Gasteiger partial charge in [0.15, 0.2) is 0 Å². The first-order valence-corrected chi connectivity index (χ1v) is 7.55. The molecule has 18 heavy (non-hydrogen) atoms. The number of nitrogens with zero attached hydrogens (tertiary/aromatic N) is 1. The van der Waals surface area contributed by atoms with Gasteiger partial charge in [-0.05, 0) is 45.1 Å². The lowest BCUT2D eigenvalue weighted by molar-refractivity contribution is -0.120. The molecule has 3 unspecified atom stereocenters. The molecule has 0 aliphatic heterocycles. The molecule has 1 aliphatic rings. The van der Waals surface area contributed by atoms with Gasteiger partial charge < -0.3 is 9.69 Å². The van der Waals surface area contributed by atoms with Crippen molar-refractivity contribution in [1.82, 2.24) is 4.90 Å². The second-order valence-corrected chi connectivity index (χ2v) is 7.08. The molecule has 2 heteroatoms. The second-order valence-electron chi connectivity index (χ2n) is 7.08. The Labute approximate surface area is 113 Å². The lowest BCUT2D eigenvalue weighted by atomic mass is 9.70. The second kappa shape index (κ2) is 6.70. The molecule has 106 valence electrons. The SMILES string of the molecule is CC(C)CC(C)N(C)CC1(C=O)CCCC(C)C1. The molecule has 1 aliphatic carbocycles. The van der Waals surface area contributed by atoms with E-state index in [0.717, 1.165) is 25.3 Å². The van der Waals surface area contributed by atoms with E-state index in [4.69, 9.17) is 0 Å². The lowest BCUT2D eigenvalue weighted by Crippen LogP contribution is -2.43. The van der Waals surface area contributed by atoms with Crippen LogP contribution in [0.4, 0.5) is 0 Å². The Balaban J connectivity index is 2.59. The van der Waals surface area contributed by atoms with Crippen LogP contribution in [0.1, 0.15) is 59.8 Å². The highest BCUT2D eigenvalue weighted by molar-refractivity contribution is 5.60. The van der Waals surface area contributed by atoms with E-state index in [1.54, 1.807) is 0 Å². The Hall–Kier alpha value is -0.370. The first kappa shape index (κ1) is 15.7. The Morgan fingerprint density at radius 1 is 1.39 bits per heavy atom. The lowest BCUT2D eigenvalue weighted by Gasteiger charge is -2.40. The molecule has 2 nitrogen and oxygen atoms in total. The number of aldehydes is 1. The molecule has 0 heterocycles. The van der Waals surface area contributed by atoms with Crippen LogP contribution in [0.3, 0.4) is 0 Å². The highest BCUT2D eigenvalue weighted by Crippen LogP contribution is 2.38. The fourth-order valence-electron chi connectivity index (χ4n) is 3.50. The normalized spacial score (nSPS) is 30.7. The molecular weight excluding hydrogens is 222 g/mol. The molecule has 1 rings (SSSR count). The highest BCUT2D eigenvalue weighted by atomic mass is 16.1. The fourth-order valence-corrected chi connectivity index (χ4v) is 3.50. The van der Waals surface area contributed by atoms with Crippen molar-refractivity contribution in [3.05, 3.63) is 0 Å². The summed E-state index contributed by atoms with van der Waals surface area (Å²) in [5, 5.41) is 0. The van der Waals surface area contributed by atoms with Crippen molar-refractivity contribution in [3.63, 3.8) is 0 Å². The van der Waals surface area contributed by atoms with Crippen molar-refractivity contribution in [2.45, 2.75) is 65.8 Å². The first-order chi connectivity index (χ1) is 8.38. The maximum Gasteiger partial charge on any atom is 0.127 e. The van der Waals surface area contributed by atoms with Gasteiger partial charge >= 0.3 is 0 Å². The maximum absolute atomic E-state index is 11.6. The largest absolute Gasteiger partial charge is 0.303 e. The van der Waals surface area contributed by atoms with E-state index in [1.165, 1.54) is 25.5 Å². The average molecular weight is 253 g/mol. The van der Waals surface area contributed by atoms with Crippen LogP contribution in [0.2, 0.25) is 0 Å². The smallest absolute Gasteiger partial charge is 0.127 e. The van der Waals surface area contributed by atoms with Crippen molar-refractivity contribution in [3.8, 4) is 0 Å². The van der Waals surface area contributed by atoms with Crippen LogP contribution in [0.25, 0.3) is 0 Å². The van der Waals surface area contributed by atoms with Crippen molar-refractivity contribution in [2.24, 2.45) is 17.3 Å². The standard InChI is InChI=1S/C16H31NO/c1-13(2)9-15(4)17(5)11-16(12-18)8-6-7-14(3)10-16/h12-15H,6-11H2,1-5H3. The van der Waals surface area contributed by atoms with E-state index >= 15 is 0 Å². The summed E-state index contributed by atoms with van der Waals surface area (Å²) in [5.74, 6) is 1.43. The van der Waals surface area contributed by atoms with Gasteiger partial charge in [-0.15, -0.1) is 0 Å². The number of carbonyl (C=O) groups excluding carboxylic acids is 1. The Kier molecular flexibility index (Phi) is 5.84. The summed E-state index contributed by atoms with van der Waals surface area (Å²) in [6, 6.07) is 0.569. The van der Waals surface area contributed by atoms with Crippen LogP contribution >= 0.6 is 0 Å². The molecule has 1 fully saturated rings. The monoisotopic (exact) mass is 253 g/mol. The van der Waals surface area contributed by atoms with E-state index in [1.807, 2.05) is 0 Å². The minimum absolute atomic E-state index is 0.0718. The van der Waals surface area contributed by atoms with Crippen LogP contribution in [0, 0.1) is 17.3 Å². The molecule has 0 aromatic heterocycles. The predicted molar refractivity (Wildman–Crippen MR) is 77.7 cm³/mol. The molecule has 0 aromatic carbocycles. The molecule has 0 spiro atoms. The minimum Gasteiger partial charge on any atom is -0.303 e. The van der Waals surface area contributed by atoms with E-state index in [9.17, 15) is 4.79 Å². The summed E-state index contributed by atoms with van der Waals surface area (Å²) in [6.07, 6.45) is 7.13. The van der Waals surface area contributed by atoms with Gasteiger partial charge in [0, 0.05) is 18.0 Å². The summed E-state index contributed by atoms with van der Waals surface area (Å²) < 4.78 is 0. The third-order valence-corrected chi connectivity index (χ3v) is 4.51. The van der Waals surface area contributed by atoms with Gasteiger partial charge in [0.05, 0.1) is 0 Å². The van der Waals surface area contributed by atoms with Gasteiger partial charge in [0.1, 0.15) is 6.29 Å². The molecule has 0 bridgehead atoms. The summed E-state index contributed by atoms with van der Waals surface area (Å²) in [7, 11) is 2.18. The van der Waals surface area contributed by atoms with Crippen LogP contribution in [-0.2, 0) is 4.79 Å². The van der Waals surface area contributed by atoms with E-state index in [2.05, 4.69) is 39.6 Å². The molecule has 3 atom stereocenters. The zero-order chi connectivity index (χ0) is 13.8. The van der Waals surface area contributed by atoms with Gasteiger partial charge in [0.25, 0.3) is 0 Å². The van der Waals surface area contributed by atoms with E-state index in [-0.39, 0.29) is 5.41 Å². The minimum atomic E-state index is -0.0718. The number of rotatable bonds is 6. The van der Waals surface area contributed by atoms with E-state index < -0.39 is 0 Å². The topological polar surface area (TPSA) is 20.3 Å². The Morgan fingerprint density at radius 2 is 2.06 bits per heavy atom. The summed E-state index contributed by atoms with van der Waals surface area (Å²) in [4.78, 5) is 14.0. The molecule has 1 saturated carbocycles. The Bertz CT molecular complexity index is 264. The van der Waals surface area contributed by atoms with Gasteiger partial charge in [-0.25, -0.2) is 0 Å². The third-order valence-electron chi connectivity index (χ3n) is 4.51. The van der Waals surface area contributed by atoms with Crippen LogP contribution < -0.4 is 0 Å². The molecule has 0 aromatic rings. The zero-order valence-corrected chi connectivity index (χ0v) is 12.9. The van der Waals surface area contributed by atoms with Crippen molar-refractivity contribution < 1.29 is 4.79 Å². The van der Waals surface area contributed by atoms with Gasteiger partial charge in [-0.3, -0.25) is 0 Å². The number of hydrogen-bond acceptors (Lipinski definition) is 2. The van der Waals surface area contributed by atoms with Crippen LogP contribution in [-0.4, -0.2) is 30.8 Å². The first-order valence-electron chi connectivity index (χ1n) is 7.55. The van der Waals surface area contributed by atoms with Gasteiger partial charge in [-0.2, -0.15) is 0 Å². The van der Waals surface area contributed by atoms with Crippen molar-refractivity contribution in [2.75, 3.05) is 13.6 Å². The number of carbonyl (C=O) groups is 1. The van der Waals surface area contributed by atoms with Gasteiger partial charge in [0.2, 0.25) is 0 Å². The van der Waals surface area contributed by atoms with Crippen molar-refractivity contribution >= 4 is 6.29 Å². The average Bonchev–Trinajstić information content (AvgIpc) is 2.28. The molecule has 0 radical (unpaired) electrons. The predicted octanol–water partition coefficient (Wildman–Crippen LogP) is 3.75. The zero-order valence-electron chi connectivity index (χ0n) is 12.9. The summed E-state index contributed by atoms with van der Waals surface area (Å²) in [5.41, 5.74) is -0.0718. The molecule has 0 N–H and O–H groups in total. The van der Waals surface area contributed by atoms with Crippen molar-refractivity contribution in [1.29, 1.82) is 0 Å².